The highest BCUT2D eigenvalue weighted by Crippen LogP contribution is 2.38. The molecule has 4 nitrogen and oxygen atoms in total. The predicted octanol–water partition coefficient (Wildman–Crippen LogP) is 3.09. The Balaban J connectivity index is 2.27. The van der Waals surface area contributed by atoms with E-state index >= 15 is 0 Å². The smallest absolute Gasteiger partial charge is 0.252 e. The summed E-state index contributed by atoms with van der Waals surface area (Å²) in [7, 11) is -3.51. The second kappa shape index (κ2) is 6.41. The van der Waals surface area contributed by atoms with E-state index in [4.69, 9.17) is 16.7 Å². The third-order valence-corrected chi connectivity index (χ3v) is 8.08. The third-order valence-electron chi connectivity index (χ3n) is 3.20. The minimum Gasteiger partial charge on any atom is -0.396 e. The maximum atomic E-state index is 12.6. The second-order valence-corrected chi connectivity index (χ2v) is 9.36. The van der Waals surface area contributed by atoms with Crippen molar-refractivity contribution in [3.05, 3.63) is 14.9 Å². The summed E-state index contributed by atoms with van der Waals surface area (Å²) in [5, 5.41) is 9.34. The quantitative estimate of drug-likeness (QED) is 0.814. The van der Waals surface area contributed by atoms with Crippen molar-refractivity contribution in [2.75, 3.05) is 13.2 Å². The largest absolute Gasteiger partial charge is 0.396 e. The number of nitrogens with zero attached hydrogens (tertiary/aromatic N) is 1. The van der Waals surface area contributed by atoms with Crippen molar-refractivity contribution < 1.29 is 13.5 Å². The van der Waals surface area contributed by atoms with E-state index in [2.05, 4.69) is 15.9 Å². The molecule has 1 saturated carbocycles. The number of aliphatic hydroxyl groups is 1. The highest BCUT2D eigenvalue weighted by molar-refractivity contribution is 9.11. The van der Waals surface area contributed by atoms with Crippen LogP contribution >= 0.6 is 38.9 Å². The molecule has 108 valence electrons. The van der Waals surface area contributed by atoms with Crippen molar-refractivity contribution in [3.8, 4) is 0 Å². The van der Waals surface area contributed by atoms with Crippen LogP contribution in [0.1, 0.15) is 25.7 Å². The summed E-state index contributed by atoms with van der Waals surface area (Å²) in [4.78, 5) is 0. The van der Waals surface area contributed by atoms with Crippen LogP contribution in [0, 0.1) is 0 Å². The number of halogens is 2. The Morgan fingerprint density at radius 1 is 1.53 bits per heavy atom. The van der Waals surface area contributed by atoms with Crippen molar-refractivity contribution >= 4 is 48.9 Å². The molecule has 0 aromatic carbocycles. The number of aliphatic hydroxyl groups excluding tert-OH is 1. The molecule has 0 saturated heterocycles. The van der Waals surface area contributed by atoms with Crippen LogP contribution in [-0.4, -0.2) is 37.0 Å². The van der Waals surface area contributed by atoms with Crippen molar-refractivity contribution in [2.24, 2.45) is 0 Å². The second-order valence-electron chi connectivity index (χ2n) is 4.46. The van der Waals surface area contributed by atoms with Gasteiger partial charge in [-0.05, 0) is 41.3 Å². The normalized spacial score (nSPS) is 16.8. The van der Waals surface area contributed by atoms with Gasteiger partial charge in [0, 0.05) is 19.2 Å². The van der Waals surface area contributed by atoms with Crippen LogP contribution in [0.15, 0.2) is 14.1 Å². The van der Waals surface area contributed by atoms with Gasteiger partial charge in [-0.2, -0.15) is 4.31 Å². The molecule has 0 radical (unpaired) electrons. The molecule has 19 heavy (non-hydrogen) atoms. The van der Waals surface area contributed by atoms with Gasteiger partial charge in [0.1, 0.15) is 4.21 Å². The fourth-order valence-corrected chi connectivity index (χ4v) is 6.22. The molecule has 0 atom stereocenters. The summed E-state index contributed by atoms with van der Waals surface area (Å²) in [5.74, 6) is 0. The first-order chi connectivity index (χ1) is 8.96. The minimum absolute atomic E-state index is 0.00632. The molecule has 1 aromatic rings. The molecule has 0 unspecified atom stereocenters. The van der Waals surface area contributed by atoms with E-state index in [0.29, 0.717) is 21.8 Å². The van der Waals surface area contributed by atoms with Crippen molar-refractivity contribution in [3.63, 3.8) is 0 Å². The van der Waals surface area contributed by atoms with E-state index in [1.54, 1.807) is 0 Å². The van der Waals surface area contributed by atoms with Gasteiger partial charge in [-0.25, -0.2) is 8.42 Å². The molecule has 1 fully saturated rings. The van der Waals surface area contributed by atoms with Crippen molar-refractivity contribution in [1.82, 2.24) is 4.31 Å². The molecule has 2 rings (SSSR count). The lowest BCUT2D eigenvalue weighted by molar-refractivity contribution is 0.199. The Labute approximate surface area is 130 Å². The monoisotopic (exact) mass is 387 g/mol. The molecule has 0 amide bonds. The van der Waals surface area contributed by atoms with Crippen molar-refractivity contribution in [2.45, 2.75) is 35.9 Å². The number of thiophene rings is 1. The van der Waals surface area contributed by atoms with Gasteiger partial charge >= 0.3 is 0 Å². The van der Waals surface area contributed by atoms with Crippen molar-refractivity contribution in [1.29, 1.82) is 0 Å². The number of hydrogen-bond acceptors (Lipinski definition) is 4. The molecule has 1 aliphatic carbocycles. The Kier molecular flexibility index (Phi) is 5.30. The first-order valence-corrected chi connectivity index (χ1v) is 9.47. The summed E-state index contributed by atoms with van der Waals surface area (Å²) in [6, 6.07) is 1.55. The average Bonchev–Trinajstić information content (AvgIpc) is 2.63. The molecular formula is C11H15BrClNO3S2. The lowest BCUT2D eigenvalue weighted by Gasteiger charge is -2.36. The van der Waals surface area contributed by atoms with Gasteiger partial charge in [-0.1, -0.05) is 18.0 Å². The number of sulfonamides is 1. The summed E-state index contributed by atoms with van der Waals surface area (Å²) < 4.78 is 27.6. The minimum atomic E-state index is -3.51. The first-order valence-electron chi connectivity index (χ1n) is 6.04. The fraction of sp³-hybridized carbons (Fsp3) is 0.636. The van der Waals surface area contributed by atoms with E-state index < -0.39 is 10.0 Å². The Bertz CT molecular complexity index is 523. The maximum absolute atomic E-state index is 12.6. The van der Waals surface area contributed by atoms with E-state index in [9.17, 15) is 8.42 Å². The summed E-state index contributed by atoms with van der Waals surface area (Å²) in [6.45, 7) is 0.351. The van der Waals surface area contributed by atoms with Crippen LogP contribution < -0.4 is 0 Å². The van der Waals surface area contributed by atoms with E-state index in [0.717, 1.165) is 30.6 Å². The Morgan fingerprint density at radius 3 is 2.63 bits per heavy atom. The zero-order chi connectivity index (χ0) is 14.0. The van der Waals surface area contributed by atoms with Crippen LogP contribution in [0.4, 0.5) is 0 Å². The molecule has 0 spiro atoms. The van der Waals surface area contributed by atoms with E-state index in [-0.39, 0.29) is 16.9 Å². The molecule has 8 heteroatoms. The number of rotatable bonds is 6. The van der Waals surface area contributed by atoms with Crippen LogP contribution in [0.3, 0.4) is 0 Å². The topological polar surface area (TPSA) is 57.6 Å². The fourth-order valence-electron chi connectivity index (χ4n) is 1.97. The average molecular weight is 389 g/mol. The zero-order valence-electron chi connectivity index (χ0n) is 10.2. The molecule has 1 N–H and O–H groups in total. The summed E-state index contributed by atoms with van der Waals surface area (Å²) in [5.41, 5.74) is 0. The lowest BCUT2D eigenvalue weighted by atomic mass is 9.93. The lowest BCUT2D eigenvalue weighted by Crippen LogP contribution is -2.44. The van der Waals surface area contributed by atoms with Gasteiger partial charge in [0.15, 0.2) is 0 Å². The van der Waals surface area contributed by atoms with Gasteiger partial charge in [0.05, 0.1) is 8.81 Å². The van der Waals surface area contributed by atoms with Crippen LogP contribution in [0.2, 0.25) is 5.02 Å². The number of hydrogen-bond donors (Lipinski definition) is 1. The Hall–Kier alpha value is 0.340. The standard InChI is InChI=1S/C11H15BrClNO3S2/c12-11-9(13)7-10(18-11)19(16,17)14(5-2-6-15)8-3-1-4-8/h7-8,15H,1-6H2. The van der Waals surface area contributed by atoms with E-state index in [1.807, 2.05) is 0 Å². The van der Waals surface area contributed by atoms with Gasteiger partial charge in [0.25, 0.3) is 10.0 Å². The van der Waals surface area contributed by atoms with Crippen LogP contribution in [0.25, 0.3) is 0 Å². The summed E-state index contributed by atoms with van der Waals surface area (Å²) in [6.07, 6.45) is 3.30. The van der Waals surface area contributed by atoms with E-state index in [1.165, 1.54) is 10.4 Å². The SMILES string of the molecule is O=S(=O)(c1cc(Cl)c(Br)s1)N(CCCO)C1CCC1. The van der Waals surface area contributed by atoms with Crippen LogP contribution in [-0.2, 0) is 10.0 Å². The molecule has 0 bridgehead atoms. The summed E-state index contributed by atoms with van der Waals surface area (Å²) >= 11 is 10.3. The van der Waals surface area contributed by atoms with Crippen LogP contribution in [0.5, 0.6) is 0 Å². The third kappa shape index (κ3) is 3.33. The van der Waals surface area contributed by atoms with Gasteiger partial charge < -0.3 is 5.11 Å². The highest BCUT2D eigenvalue weighted by Gasteiger charge is 2.35. The molecule has 0 aliphatic heterocycles. The highest BCUT2D eigenvalue weighted by atomic mass is 79.9. The first kappa shape index (κ1) is 15.7. The molecule has 1 heterocycles. The predicted molar refractivity (Wildman–Crippen MR) is 80.3 cm³/mol. The maximum Gasteiger partial charge on any atom is 0.252 e. The Morgan fingerprint density at radius 2 is 2.21 bits per heavy atom. The van der Waals surface area contributed by atoms with Gasteiger partial charge in [0.2, 0.25) is 0 Å². The zero-order valence-corrected chi connectivity index (χ0v) is 14.2. The van der Waals surface area contributed by atoms with Gasteiger partial charge in [-0.3, -0.25) is 0 Å². The van der Waals surface area contributed by atoms with Gasteiger partial charge in [-0.15, -0.1) is 11.3 Å². The molecule has 1 aromatic heterocycles. The molecular weight excluding hydrogens is 374 g/mol. The molecule has 1 aliphatic rings.